The summed E-state index contributed by atoms with van der Waals surface area (Å²) >= 11 is 0. The lowest BCUT2D eigenvalue weighted by Gasteiger charge is -2.28. The lowest BCUT2D eigenvalue weighted by atomic mass is 9.87. The average Bonchev–Trinajstić information content (AvgIpc) is 2.38. The van der Waals surface area contributed by atoms with Gasteiger partial charge in [0, 0.05) is 6.54 Å². The lowest BCUT2D eigenvalue weighted by molar-refractivity contribution is 0.565. The van der Waals surface area contributed by atoms with Crippen LogP contribution in [0.3, 0.4) is 0 Å². The van der Waals surface area contributed by atoms with Gasteiger partial charge in [0.25, 0.3) is 0 Å². The summed E-state index contributed by atoms with van der Waals surface area (Å²) in [5, 5.41) is 3.65. The molecule has 0 bridgehead atoms. The van der Waals surface area contributed by atoms with E-state index in [1.807, 2.05) is 0 Å². The molecule has 0 unspecified atom stereocenters. The van der Waals surface area contributed by atoms with Crippen LogP contribution in [-0.4, -0.2) is 6.54 Å². The van der Waals surface area contributed by atoms with Crippen molar-refractivity contribution in [1.82, 2.24) is 5.32 Å². The van der Waals surface area contributed by atoms with Crippen LogP contribution in [0, 0.1) is 13.8 Å². The molecule has 0 fully saturated rings. The molecule has 1 aliphatic heterocycles. The van der Waals surface area contributed by atoms with Gasteiger partial charge < -0.3 is 5.32 Å². The van der Waals surface area contributed by atoms with E-state index < -0.39 is 0 Å². The summed E-state index contributed by atoms with van der Waals surface area (Å²) in [6.45, 7) is 5.43. The fourth-order valence-corrected chi connectivity index (χ4v) is 2.88. The van der Waals surface area contributed by atoms with E-state index in [9.17, 15) is 0 Å². The van der Waals surface area contributed by atoms with Gasteiger partial charge in [0.1, 0.15) is 0 Å². The van der Waals surface area contributed by atoms with Crippen LogP contribution in [0.4, 0.5) is 0 Å². The Morgan fingerprint density at radius 2 is 1.83 bits per heavy atom. The van der Waals surface area contributed by atoms with Crippen LogP contribution in [0.15, 0.2) is 42.5 Å². The third-order valence-electron chi connectivity index (χ3n) is 3.85. The van der Waals surface area contributed by atoms with Gasteiger partial charge in [0.05, 0.1) is 6.04 Å². The molecule has 92 valence electrons. The van der Waals surface area contributed by atoms with Crippen molar-refractivity contribution in [3.8, 4) is 0 Å². The van der Waals surface area contributed by atoms with Crippen molar-refractivity contribution in [1.29, 1.82) is 0 Å². The maximum atomic E-state index is 3.65. The molecule has 0 aromatic heterocycles. The van der Waals surface area contributed by atoms with E-state index in [-0.39, 0.29) is 0 Å². The van der Waals surface area contributed by atoms with Crippen LogP contribution in [0.1, 0.15) is 33.9 Å². The van der Waals surface area contributed by atoms with Gasteiger partial charge in [0.15, 0.2) is 0 Å². The minimum absolute atomic E-state index is 0.357. The van der Waals surface area contributed by atoms with Gasteiger partial charge in [-0.25, -0.2) is 0 Å². The number of fused-ring (bicyclic) bond motifs is 1. The molecule has 1 heteroatoms. The highest BCUT2D eigenvalue weighted by atomic mass is 14.9. The highest BCUT2D eigenvalue weighted by Crippen LogP contribution is 2.30. The molecular formula is C17H19N. The van der Waals surface area contributed by atoms with Crippen molar-refractivity contribution in [3.63, 3.8) is 0 Å². The molecule has 1 nitrogen and oxygen atoms in total. The Morgan fingerprint density at radius 3 is 2.67 bits per heavy atom. The molecule has 0 saturated carbocycles. The minimum atomic E-state index is 0.357. The van der Waals surface area contributed by atoms with Crippen LogP contribution in [0.5, 0.6) is 0 Å². The van der Waals surface area contributed by atoms with Gasteiger partial charge in [-0.15, -0.1) is 0 Å². The molecule has 3 rings (SSSR count). The largest absolute Gasteiger partial charge is 0.306 e. The first-order valence-corrected chi connectivity index (χ1v) is 6.64. The molecule has 1 heterocycles. The Labute approximate surface area is 109 Å². The topological polar surface area (TPSA) is 12.0 Å². The fraction of sp³-hybridized carbons (Fsp3) is 0.294. The maximum absolute atomic E-state index is 3.65. The molecule has 0 radical (unpaired) electrons. The number of hydrogen-bond acceptors (Lipinski definition) is 1. The Balaban J connectivity index is 2.09. The van der Waals surface area contributed by atoms with E-state index >= 15 is 0 Å². The Kier molecular flexibility index (Phi) is 2.92. The molecule has 0 aliphatic carbocycles. The summed E-state index contributed by atoms with van der Waals surface area (Å²) in [6.07, 6.45) is 1.14. The van der Waals surface area contributed by atoms with E-state index in [0.29, 0.717) is 6.04 Å². The van der Waals surface area contributed by atoms with E-state index in [2.05, 4.69) is 61.6 Å². The van der Waals surface area contributed by atoms with E-state index in [1.54, 1.807) is 0 Å². The summed E-state index contributed by atoms with van der Waals surface area (Å²) in [5.74, 6) is 0. The van der Waals surface area contributed by atoms with Gasteiger partial charge in [-0.3, -0.25) is 0 Å². The predicted molar refractivity (Wildman–Crippen MR) is 75.9 cm³/mol. The van der Waals surface area contributed by atoms with Crippen LogP contribution in [0.25, 0.3) is 0 Å². The Morgan fingerprint density at radius 1 is 1.00 bits per heavy atom. The summed E-state index contributed by atoms with van der Waals surface area (Å²) in [7, 11) is 0. The second kappa shape index (κ2) is 4.58. The summed E-state index contributed by atoms with van der Waals surface area (Å²) in [4.78, 5) is 0. The standard InChI is InChI=1S/C17H19N/c1-12-7-8-16-14(11-12)9-10-18-17(16)15-6-4-3-5-13(15)2/h3-8,11,17-18H,9-10H2,1-2H3/t17-/m0/s1. The molecule has 2 aromatic carbocycles. The number of hydrogen-bond donors (Lipinski definition) is 1. The van der Waals surface area contributed by atoms with Crippen molar-refractivity contribution in [2.75, 3.05) is 6.54 Å². The predicted octanol–water partition coefficient (Wildman–Crippen LogP) is 3.54. The second-order valence-electron chi connectivity index (χ2n) is 5.20. The number of aryl methyl sites for hydroxylation is 2. The molecule has 18 heavy (non-hydrogen) atoms. The molecule has 1 aliphatic rings. The van der Waals surface area contributed by atoms with Crippen molar-refractivity contribution in [2.24, 2.45) is 0 Å². The van der Waals surface area contributed by atoms with E-state index in [4.69, 9.17) is 0 Å². The van der Waals surface area contributed by atoms with Crippen molar-refractivity contribution in [2.45, 2.75) is 26.3 Å². The fourth-order valence-electron chi connectivity index (χ4n) is 2.88. The third kappa shape index (κ3) is 1.95. The smallest absolute Gasteiger partial charge is 0.0582 e. The van der Waals surface area contributed by atoms with Gasteiger partial charge in [0.2, 0.25) is 0 Å². The monoisotopic (exact) mass is 237 g/mol. The molecule has 1 N–H and O–H groups in total. The number of benzene rings is 2. The first-order chi connectivity index (χ1) is 8.75. The van der Waals surface area contributed by atoms with Crippen LogP contribution < -0.4 is 5.32 Å². The number of rotatable bonds is 1. The summed E-state index contributed by atoms with van der Waals surface area (Å²) < 4.78 is 0. The SMILES string of the molecule is Cc1ccc2c(c1)CCN[C@H]2c1ccccc1C. The maximum Gasteiger partial charge on any atom is 0.0582 e. The van der Waals surface area contributed by atoms with Crippen LogP contribution in [0.2, 0.25) is 0 Å². The van der Waals surface area contributed by atoms with Gasteiger partial charge >= 0.3 is 0 Å². The Hall–Kier alpha value is -1.60. The summed E-state index contributed by atoms with van der Waals surface area (Å²) in [6, 6.07) is 15.9. The second-order valence-corrected chi connectivity index (χ2v) is 5.20. The molecule has 0 spiro atoms. The van der Waals surface area contributed by atoms with Crippen LogP contribution >= 0.6 is 0 Å². The number of nitrogens with one attached hydrogen (secondary N) is 1. The molecule has 0 saturated heterocycles. The molecule has 1 atom stereocenters. The van der Waals surface area contributed by atoms with Crippen molar-refractivity contribution >= 4 is 0 Å². The molecule has 2 aromatic rings. The average molecular weight is 237 g/mol. The zero-order valence-corrected chi connectivity index (χ0v) is 11.0. The van der Waals surface area contributed by atoms with Gasteiger partial charge in [-0.05, 0) is 42.5 Å². The lowest BCUT2D eigenvalue weighted by Crippen LogP contribution is -2.31. The zero-order chi connectivity index (χ0) is 12.5. The highest BCUT2D eigenvalue weighted by molar-refractivity contribution is 5.43. The van der Waals surface area contributed by atoms with Crippen molar-refractivity contribution in [3.05, 3.63) is 70.3 Å². The summed E-state index contributed by atoms with van der Waals surface area (Å²) in [5.41, 5.74) is 7.08. The first-order valence-electron chi connectivity index (χ1n) is 6.64. The molecular weight excluding hydrogens is 218 g/mol. The van der Waals surface area contributed by atoms with Crippen LogP contribution in [-0.2, 0) is 6.42 Å². The van der Waals surface area contributed by atoms with E-state index in [0.717, 1.165) is 13.0 Å². The zero-order valence-electron chi connectivity index (χ0n) is 11.0. The van der Waals surface area contributed by atoms with Gasteiger partial charge in [-0.1, -0.05) is 48.0 Å². The quantitative estimate of drug-likeness (QED) is 0.800. The highest BCUT2D eigenvalue weighted by Gasteiger charge is 2.21. The van der Waals surface area contributed by atoms with E-state index in [1.165, 1.54) is 27.8 Å². The third-order valence-corrected chi connectivity index (χ3v) is 3.85. The first kappa shape index (κ1) is 11.5. The minimum Gasteiger partial charge on any atom is -0.306 e. The van der Waals surface area contributed by atoms with Gasteiger partial charge in [-0.2, -0.15) is 0 Å². The van der Waals surface area contributed by atoms with Crippen molar-refractivity contribution < 1.29 is 0 Å². The Bertz CT molecular complexity index is 572. The molecule has 0 amide bonds. The normalized spacial score (nSPS) is 18.4.